The number of aryl methyl sites for hydroxylation is 2. The van der Waals surface area contributed by atoms with Crippen molar-refractivity contribution in [2.45, 2.75) is 13.8 Å². The van der Waals surface area contributed by atoms with Crippen LogP contribution in [0.1, 0.15) is 11.1 Å². The zero-order chi connectivity index (χ0) is 12.4. The molecule has 0 atom stereocenters. The average Bonchev–Trinajstić information content (AvgIpc) is 2.28. The molecule has 0 unspecified atom stereocenters. The Balaban J connectivity index is 2.54. The topological polar surface area (TPSA) is 9.23 Å². The summed E-state index contributed by atoms with van der Waals surface area (Å²) in [5, 5.41) is 0. The molecule has 0 heterocycles. The number of halogens is 1. The van der Waals surface area contributed by atoms with E-state index in [9.17, 15) is 4.39 Å². The van der Waals surface area contributed by atoms with Crippen molar-refractivity contribution in [2.75, 3.05) is 7.11 Å². The Labute approximate surface area is 101 Å². The molecule has 88 valence electrons. The zero-order valence-corrected chi connectivity index (χ0v) is 10.3. The molecule has 2 heteroatoms. The SMILES string of the molecule is COc1c(C)cc(-c2cccc(F)c2)cc1C. The molecule has 1 nitrogen and oxygen atoms in total. The Morgan fingerprint density at radius 2 is 1.59 bits per heavy atom. The van der Waals surface area contributed by atoms with Crippen LogP contribution < -0.4 is 4.74 Å². The van der Waals surface area contributed by atoms with E-state index in [2.05, 4.69) is 0 Å². The highest BCUT2D eigenvalue weighted by Crippen LogP contribution is 2.30. The normalized spacial score (nSPS) is 10.4. The van der Waals surface area contributed by atoms with Crippen molar-refractivity contribution in [1.82, 2.24) is 0 Å². The van der Waals surface area contributed by atoms with Crippen molar-refractivity contribution in [2.24, 2.45) is 0 Å². The van der Waals surface area contributed by atoms with E-state index in [1.54, 1.807) is 19.2 Å². The van der Waals surface area contributed by atoms with Crippen LogP contribution in [0.2, 0.25) is 0 Å². The van der Waals surface area contributed by atoms with Gasteiger partial charge in [-0.1, -0.05) is 12.1 Å². The van der Waals surface area contributed by atoms with Crippen molar-refractivity contribution in [1.29, 1.82) is 0 Å². The first-order valence-electron chi connectivity index (χ1n) is 5.53. The van der Waals surface area contributed by atoms with E-state index in [-0.39, 0.29) is 5.82 Å². The first-order chi connectivity index (χ1) is 8.11. The summed E-state index contributed by atoms with van der Waals surface area (Å²) >= 11 is 0. The third-order valence-electron chi connectivity index (χ3n) is 2.82. The largest absolute Gasteiger partial charge is 0.496 e. The van der Waals surface area contributed by atoms with Crippen molar-refractivity contribution in [3.8, 4) is 16.9 Å². The molecular formula is C15H15FO. The molecule has 0 saturated carbocycles. The molecule has 0 N–H and O–H groups in total. The number of benzene rings is 2. The Morgan fingerprint density at radius 3 is 2.12 bits per heavy atom. The minimum atomic E-state index is -0.214. The van der Waals surface area contributed by atoms with Crippen LogP contribution in [0.5, 0.6) is 5.75 Å². The fourth-order valence-corrected chi connectivity index (χ4v) is 2.11. The average molecular weight is 230 g/mol. The van der Waals surface area contributed by atoms with Crippen molar-refractivity contribution in [3.05, 3.63) is 53.3 Å². The molecule has 0 aliphatic carbocycles. The summed E-state index contributed by atoms with van der Waals surface area (Å²) in [7, 11) is 1.66. The lowest BCUT2D eigenvalue weighted by atomic mass is 10.00. The maximum Gasteiger partial charge on any atom is 0.124 e. The van der Waals surface area contributed by atoms with Crippen LogP contribution >= 0.6 is 0 Å². The molecule has 17 heavy (non-hydrogen) atoms. The molecule has 0 aliphatic rings. The van der Waals surface area contributed by atoms with Gasteiger partial charge < -0.3 is 4.74 Å². The third-order valence-corrected chi connectivity index (χ3v) is 2.82. The number of hydrogen-bond acceptors (Lipinski definition) is 1. The minimum Gasteiger partial charge on any atom is -0.496 e. The molecule has 0 bridgehead atoms. The number of ether oxygens (including phenoxy) is 1. The Hall–Kier alpha value is -1.83. The number of hydrogen-bond donors (Lipinski definition) is 0. The van der Waals surface area contributed by atoms with E-state index in [0.29, 0.717) is 0 Å². The van der Waals surface area contributed by atoms with Crippen LogP contribution in [0.25, 0.3) is 11.1 Å². The van der Waals surface area contributed by atoms with Crippen molar-refractivity contribution >= 4 is 0 Å². The summed E-state index contributed by atoms with van der Waals surface area (Å²) in [6.07, 6.45) is 0. The van der Waals surface area contributed by atoms with Gasteiger partial charge in [-0.2, -0.15) is 0 Å². The highest BCUT2D eigenvalue weighted by atomic mass is 19.1. The molecule has 0 radical (unpaired) electrons. The molecule has 2 aromatic rings. The van der Waals surface area contributed by atoms with Gasteiger partial charge in [0.1, 0.15) is 11.6 Å². The number of methoxy groups -OCH3 is 1. The molecule has 2 rings (SSSR count). The maximum atomic E-state index is 13.2. The van der Waals surface area contributed by atoms with E-state index in [4.69, 9.17) is 4.74 Å². The summed E-state index contributed by atoms with van der Waals surface area (Å²) in [4.78, 5) is 0. The van der Waals surface area contributed by atoms with E-state index < -0.39 is 0 Å². The molecular weight excluding hydrogens is 215 g/mol. The monoisotopic (exact) mass is 230 g/mol. The summed E-state index contributed by atoms with van der Waals surface area (Å²) in [6.45, 7) is 3.99. The van der Waals surface area contributed by atoms with Crippen molar-refractivity contribution < 1.29 is 9.13 Å². The van der Waals surface area contributed by atoms with Crippen LogP contribution in [0.15, 0.2) is 36.4 Å². The molecule has 2 aromatic carbocycles. The summed E-state index contributed by atoms with van der Waals surface area (Å²) in [5.74, 6) is 0.679. The standard InChI is InChI=1S/C15H15FO/c1-10-7-13(8-11(2)15(10)17-3)12-5-4-6-14(16)9-12/h4-9H,1-3H3. The predicted octanol–water partition coefficient (Wildman–Crippen LogP) is 4.12. The van der Waals surface area contributed by atoms with E-state index in [1.165, 1.54) is 6.07 Å². The molecule has 0 aromatic heterocycles. The van der Waals surface area contributed by atoms with E-state index >= 15 is 0 Å². The Morgan fingerprint density at radius 1 is 0.941 bits per heavy atom. The van der Waals surface area contributed by atoms with Crippen LogP contribution in [0, 0.1) is 19.7 Å². The molecule has 0 fully saturated rings. The van der Waals surface area contributed by atoms with Gasteiger partial charge in [-0.25, -0.2) is 4.39 Å². The second-order valence-electron chi connectivity index (χ2n) is 4.15. The lowest BCUT2D eigenvalue weighted by Gasteiger charge is -2.11. The van der Waals surface area contributed by atoms with E-state index in [0.717, 1.165) is 28.0 Å². The summed E-state index contributed by atoms with van der Waals surface area (Å²) in [6, 6.07) is 10.7. The van der Waals surface area contributed by atoms with Gasteiger partial charge in [0.25, 0.3) is 0 Å². The highest BCUT2D eigenvalue weighted by Gasteiger charge is 2.07. The lowest BCUT2D eigenvalue weighted by molar-refractivity contribution is 0.408. The molecule has 0 spiro atoms. The van der Waals surface area contributed by atoms with Crippen LogP contribution in [0.3, 0.4) is 0 Å². The van der Waals surface area contributed by atoms with Gasteiger partial charge in [0, 0.05) is 0 Å². The maximum absolute atomic E-state index is 13.2. The molecule has 0 amide bonds. The van der Waals surface area contributed by atoms with Gasteiger partial charge in [-0.15, -0.1) is 0 Å². The van der Waals surface area contributed by atoms with Gasteiger partial charge in [0.05, 0.1) is 7.11 Å². The van der Waals surface area contributed by atoms with E-state index in [1.807, 2.05) is 32.0 Å². The first kappa shape index (κ1) is 11.6. The second-order valence-corrected chi connectivity index (χ2v) is 4.15. The van der Waals surface area contributed by atoms with Gasteiger partial charge in [-0.05, 0) is 60.4 Å². The summed E-state index contributed by atoms with van der Waals surface area (Å²) < 4.78 is 18.5. The first-order valence-corrected chi connectivity index (χ1v) is 5.53. The Bertz CT molecular complexity index is 523. The minimum absolute atomic E-state index is 0.214. The van der Waals surface area contributed by atoms with Crippen LogP contribution in [-0.2, 0) is 0 Å². The molecule has 0 saturated heterocycles. The zero-order valence-electron chi connectivity index (χ0n) is 10.3. The van der Waals surface area contributed by atoms with Crippen LogP contribution in [0.4, 0.5) is 4.39 Å². The third kappa shape index (κ3) is 2.31. The van der Waals surface area contributed by atoms with Crippen molar-refractivity contribution in [3.63, 3.8) is 0 Å². The number of rotatable bonds is 2. The fourth-order valence-electron chi connectivity index (χ4n) is 2.11. The smallest absolute Gasteiger partial charge is 0.124 e. The van der Waals surface area contributed by atoms with Gasteiger partial charge >= 0.3 is 0 Å². The lowest BCUT2D eigenvalue weighted by Crippen LogP contribution is -1.92. The predicted molar refractivity (Wildman–Crippen MR) is 67.9 cm³/mol. The fraction of sp³-hybridized carbons (Fsp3) is 0.200. The highest BCUT2D eigenvalue weighted by molar-refractivity contribution is 5.67. The summed E-state index contributed by atoms with van der Waals surface area (Å²) in [5.41, 5.74) is 4.03. The molecule has 0 aliphatic heterocycles. The van der Waals surface area contributed by atoms with Gasteiger partial charge in [0.2, 0.25) is 0 Å². The van der Waals surface area contributed by atoms with Gasteiger partial charge in [0.15, 0.2) is 0 Å². The van der Waals surface area contributed by atoms with Gasteiger partial charge in [-0.3, -0.25) is 0 Å². The quantitative estimate of drug-likeness (QED) is 0.754. The Kier molecular flexibility index (Phi) is 3.14. The second kappa shape index (κ2) is 4.58. The van der Waals surface area contributed by atoms with Crippen LogP contribution in [-0.4, -0.2) is 7.11 Å².